The summed E-state index contributed by atoms with van der Waals surface area (Å²) in [5.41, 5.74) is 6.51. The molecule has 2 aliphatic heterocycles. The van der Waals surface area contributed by atoms with Gasteiger partial charge < -0.3 is 15.2 Å². The maximum Gasteiger partial charge on any atom is 0.0729 e. The second kappa shape index (κ2) is 5.82. The topological polar surface area (TPSA) is 44.5 Å². The molecule has 0 radical (unpaired) electrons. The Labute approximate surface area is 126 Å². The Morgan fingerprint density at radius 2 is 2.11 bits per heavy atom. The van der Waals surface area contributed by atoms with Crippen LogP contribution >= 0.6 is 27.3 Å². The van der Waals surface area contributed by atoms with Crippen molar-refractivity contribution < 1.29 is 9.47 Å². The molecule has 2 N–H and O–H groups in total. The van der Waals surface area contributed by atoms with Gasteiger partial charge in [-0.3, -0.25) is 0 Å². The quantitative estimate of drug-likeness (QED) is 0.892. The Bertz CT molecular complexity index is 425. The highest BCUT2D eigenvalue weighted by Crippen LogP contribution is 2.42. The minimum Gasteiger partial charge on any atom is -0.381 e. The van der Waals surface area contributed by atoms with Crippen molar-refractivity contribution in [1.29, 1.82) is 0 Å². The monoisotopic (exact) mass is 345 g/mol. The summed E-state index contributed by atoms with van der Waals surface area (Å²) in [4.78, 5) is 1.28. The van der Waals surface area contributed by atoms with E-state index in [9.17, 15) is 0 Å². The summed E-state index contributed by atoms with van der Waals surface area (Å²) in [5, 5.41) is 0. The largest absolute Gasteiger partial charge is 0.381 e. The Kier molecular flexibility index (Phi) is 4.29. The van der Waals surface area contributed by atoms with E-state index < -0.39 is 0 Å². The Morgan fingerprint density at radius 3 is 2.79 bits per heavy atom. The van der Waals surface area contributed by atoms with E-state index in [1.54, 1.807) is 11.3 Å². The first kappa shape index (κ1) is 14.0. The van der Waals surface area contributed by atoms with Gasteiger partial charge in [-0.05, 0) is 59.7 Å². The molecule has 1 aromatic rings. The lowest BCUT2D eigenvalue weighted by Crippen LogP contribution is -2.46. The van der Waals surface area contributed by atoms with Crippen molar-refractivity contribution in [3.63, 3.8) is 0 Å². The highest BCUT2D eigenvalue weighted by Gasteiger charge is 2.41. The molecule has 19 heavy (non-hydrogen) atoms. The van der Waals surface area contributed by atoms with Crippen molar-refractivity contribution in [2.45, 2.75) is 37.3 Å². The summed E-state index contributed by atoms with van der Waals surface area (Å²) in [6.45, 7) is 2.49. The highest BCUT2D eigenvalue weighted by molar-refractivity contribution is 9.11. The van der Waals surface area contributed by atoms with Gasteiger partial charge in [-0.2, -0.15) is 0 Å². The molecular formula is C14H20BrNO2S. The SMILES string of the molecule is NC(c1ccc(Br)s1)C1CCOC2(CCOCC2)C1. The maximum absolute atomic E-state index is 6.48. The van der Waals surface area contributed by atoms with E-state index in [-0.39, 0.29) is 11.6 Å². The number of hydrogen-bond acceptors (Lipinski definition) is 4. The van der Waals surface area contributed by atoms with Gasteiger partial charge in [0.25, 0.3) is 0 Å². The number of halogens is 1. The van der Waals surface area contributed by atoms with Crippen LogP contribution in [0.15, 0.2) is 15.9 Å². The third-order valence-corrected chi connectivity index (χ3v) is 6.09. The molecule has 2 atom stereocenters. The number of rotatable bonds is 2. The van der Waals surface area contributed by atoms with Crippen LogP contribution in [0.4, 0.5) is 0 Å². The maximum atomic E-state index is 6.48. The number of hydrogen-bond donors (Lipinski definition) is 1. The summed E-state index contributed by atoms with van der Waals surface area (Å²) in [6, 6.07) is 4.37. The van der Waals surface area contributed by atoms with Crippen molar-refractivity contribution in [3.8, 4) is 0 Å². The molecule has 1 spiro atoms. The molecule has 5 heteroatoms. The lowest BCUT2D eigenvalue weighted by molar-refractivity contribution is -0.149. The molecule has 3 rings (SSSR count). The first-order valence-electron chi connectivity index (χ1n) is 6.91. The number of nitrogens with two attached hydrogens (primary N) is 1. The van der Waals surface area contributed by atoms with Gasteiger partial charge in [0.15, 0.2) is 0 Å². The average Bonchev–Trinajstić information content (AvgIpc) is 2.85. The van der Waals surface area contributed by atoms with Crippen LogP contribution < -0.4 is 5.73 Å². The zero-order valence-corrected chi connectivity index (χ0v) is 13.3. The minimum atomic E-state index is 0.0350. The smallest absolute Gasteiger partial charge is 0.0729 e. The normalized spacial score (nSPS) is 28.4. The lowest BCUT2D eigenvalue weighted by Gasteiger charge is -2.44. The van der Waals surface area contributed by atoms with Crippen LogP contribution in [0.2, 0.25) is 0 Å². The fourth-order valence-corrected chi connectivity index (χ4v) is 4.72. The third-order valence-electron chi connectivity index (χ3n) is 4.37. The molecule has 3 nitrogen and oxygen atoms in total. The van der Waals surface area contributed by atoms with Crippen LogP contribution in [0.25, 0.3) is 0 Å². The highest BCUT2D eigenvalue weighted by atomic mass is 79.9. The molecule has 0 saturated carbocycles. The number of ether oxygens (including phenoxy) is 2. The van der Waals surface area contributed by atoms with Gasteiger partial charge in [-0.15, -0.1) is 11.3 Å². The van der Waals surface area contributed by atoms with Crippen LogP contribution in [0, 0.1) is 5.92 Å². The van der Waals surface area contributed by atoms with E-state index in [1.165, 1.54) is 4.88 Å². The number of thiophene rings is 1. The summed E-state index contributed by atoms with van der Waals surface area (Å²) in [7, 11) is 0. The van der Waals surface area contributed by atoms with Crippen LogP contribution in [-0.2, 0) is 9.47 Å². The van der Waals surface area contributed by atoms with E-state index in [4.69, 9.17) is 15.2 Å². The zero-order chi connectivity index (χ0) is 13.3. The Morgan fingerprint density at radius 1 is 1.32 bits per heavy atom. The molecule has 0 amide bonds. The average molecular weight is 346 g/mol. The zero-order valence-electron chi connectivity index (χ0n) is 10.9. The fraction of sp³-hybridized carbons (Fsp3) is 0.714. The van der Waals surface area contributed by atoms with Crippen molar-refractivity contribution in [3.05, 3.63) is 20.8 Å². The van der Waals surface area contributed by atoms with Gasteiger partial charge in [0, 0.05) is 30.7 Å². The Balaban J connectivity index is 1.70. The molecule has 1 aromatic heterocycles. The second-order valence-electron chi connectivity index (χ2n) is 5.56. The molecule has 0 bridgehead atoms. The second-order valence-corrected chi connectivity index (χ2v) is 8.06. The summed E-state index contributed by atoms with van der Waals surface area (Å²) >= 11 is 5.27. The van der Waals surface area contributed by atoms with Gasteiger partial charge in [-0.1, -0.05) is 0 Å². The summed E-state index contributed by atoms with van der Waals surface area (Å²) in [5.74, 6) is 0.525. The van der Waals surface area contributed by atoms with Crippen LogP contribution in [0.1, 0.15) is 36.6 Å². The molecule has 106 valence electrons. The summed E-state index contributed by atoms with van der Waals surface area (Å²) in [6.07, 6.45) is 4.18. The van der Waals surface area contributed by atoms with Gasteiger partial charge in [0.1, 0.15) is 0 Å². The van der Waals surface area contributed by atoms with Gasteiger partial charge >= 0.3 is 0 Å². The van der Waals surface area contributed by atoms with Crippen molar-refractivity contribution in [1.82, 2.24) is 0 Å². The molecule has 2 saturated heterocycles. The fourth-order valence-electron chi connectivity index (χ4n) is 3.20. The van der Waals surface area contributed by atoms with Crippen LogP contribution in [0.5, 0.6) is 0 Å². The summed E-state index contributed by atoms with van der Waals surface area (Å²) < 4.78 is 12.7. The standard InChI is InChI=1S/C14H20BrNO2S/c15-12-2-1-11(19-12)13(16)10-3-6-18-14(9-10)4-7-17-8-5-14/h1-2,10,13H,3-9,16H2. The molecule has 2 fully saturated rings. The lowest BCUT2D eigenvalue weighted by atomic mass is 9.77. The minimum absolute atomic E-state index is 0.0350. The van der Waals surface area contributed by atoms with E-state index in [0.29, 0.717) is 5.92 Å². The molecular weight excluding hydrogens is 326 g/mol. The van der Waals surface area contributed by atoms with E-state index in [1.807, 2.05) is 0 Å². The van der Waals surface area contributed by atoms with Crippen molar-refractivity contribution in [2.24, 2.45) is 11.7 Å². The van der Waals surface area contributed by atoms with Gasteiger partial charge in [0.05, 0.1) is 9.39 Å². The third kappa shape index (κ3) is 3.05. The molecule has 2 unspecified atom stereocenters. The molecule has 0 aliphatic carbocycles. The first-order chi connectivity index (χ1) is 9.19. The van der Waals surface area contributed by atoms with Crippen LogP contribution in [-0.4, -0.2) is 25.4 Å². The van der Waals surface area contributed by atoms with E-state index >= 15 is 0 Å². The first-order valence-corrected chi connectivity index (χ1v) is 8.52. The molecule has 2 aliphatic rings. The van der Waals surface area contributed by atoms with Gasteiger partial charge in [0.2, 0.25) is 0 Å². The van der Waals surface area contributed by atoms with E-state index in [0.717, 1.165) is 49.3 Å². The predicted octanol–water partition coefficient (Wildman–Crippen LogP) is 3.49. The predicted molar refractivity (Wildman–Crippen MR) is 80.4 cm³/mol. The molecule has 0 aromatic carbocycles. The van der Waals surface area contributed by atoms with Gasteiger partial charge in [-0.25, -0.2) is 0 Å². The van der Waals surface area contributed by atoms with Crippen molar-refractivity contribution >= 4 is 27.3 Å². The van der Waals surface area contributed by atoms with Crippen LogP contribution in [0.3, 0.4) is 0 Å². The van der Waals surface area contributed by atoms with Crippen molar-refractivity contribution in [2.75, 3.05) is 19.8 Å². The Hall–Kier alpha value is 0.0600. The molecule has 3 heterocycles. The van der Waals surface area contributed by atoms with E-state index in [2.05, 4.69) is 28.1 Å².